The molecule has 3 nitrogen and oxygen atoms in total. The zero-order chi connectivity index (χ0) is 13.4. The summed E-state index contributed by atoms with van der Waals surface area (Å²) < 4.78 is 6.01. The van der Waals surface area contributed by atoms with Gasteiger partial charge < -0.3 is 9.64 Å². The van der Waals surface area contributed by atoms with Crippen LogP contribution in [0.1, 0.15) is 25.7 Å². The van der Waals surface area contributed by atoms with Crippen molar-refractivity contribution >= 4 is 16.5 Å². The van der Waals surface area contributed by atoms with Crippen molar-refractivity contribution in [3.05, 3.63) is 36.7 Å². The fourth-order valence-electron chi connectivity index (χ4n) is 3.66. The summed E-state index contributed by atoms with van der Waals surface area (Å²) in [5.74, 6) is 0. The van der Waals surface area contributed by atoms with Crippen LogP contribution in [0.4, 0.5) is 5.69 Å². The normalized spacial score (nSPS) is 21.7. The molecule has 0 saturated carbocycles. The second-order valence-corrected chi connectivity index (χ2v) is 6.00. The number of hydrogen-bond donors (Lipinski definition) is 0. The van der Waals surface area contributed by atoms with E-state index >= 15 is 0 Å². The molecule has 2 saturated heterocycles. The summed E-state index contributed by atoms with van der Waals surface area (Å²) >= 11 is 0. The first-order chi connectivity index (χ1) is 9.86. The number of rotatable bonds is 1. The molecule has 1 spiro atoms. The summed E-state index contributed by atoms with van der Waals surface area (Å²) in [7, 11) is 0. The van der Waals surface area contributed by atoms with Crippen LogP contribution in [0, 0.1) is 0 Å². The number of benzene rings is 1. The van der Waals surface area contributed by atoms with Gasteiger partial charge in [-0.2, -0.15) is 0 Å². The van der Waals surface area contributed by atoms with E-state index in [1.54, 1.807) is 0 Å². The van der Waals surface area contributed by atoms with Gasteiger partial charge in [-0.15, -0.1) is 0 Å². The van der Waals surface area contributed by atoms with Crippen LogP contribution in [-0.4, -0.2) is 30.3 Å². The molecule has 2 aromatic rings. The summed E-state index contributed by atoms with van der Waals surface area (Å²) in [5, 5.41) is 2.54. The number of anilines is 1. The minimum absolute atomic E-state index is 0.189. The van der Waals surface area contributed by atoms with Crippen molar-refractivity contribution in [2.45, 2.75) is 31.3 Å². The lowest BCUT2D eigenvalue weighted by Crippen LogP contribution is -2.44. The molecule has 0 unspecified atom stereocenters. The fraction of sp³-hybridized carbons (Fsp3) is 0.471. The Kier molecular flexibility index (Phi) is 2.88. The molecule has 0 amide bonds. The van der Waals surface area contributed by atoms with E-state index in [0.29, 0.717) is 0 Å². The van der Waals surface area contributed by atoms with Gasteiger partial charge in [0, 0.05) is 36.7 Å². The molecule has 2 aliphatic rings. The summed E-state index contributed by atoms with van der Waals surface area (Å²) in [6.45, 7) is 3.11. The van der Waals surface area contributed by atoms with E-state index in [-0.39, 0.29) is 5.60 Å². The highest BCUT2D eigenvalue weighted by atomic mass is 16.5. The predicted molar refractivity (Wildman–Crippen MR) is 81.1 cm³/mol. The molecule has 0 N–H and O–H groups in total. The lowest BCUT2D eigenvalue weighted by atomic mass is 9.88. The van der Waals surface area contributed by atoms with Crippen molar-refractivity contribution in [3.8, 4) is 0 Å². The molecule has 104 valence electrons. The number of fused-ring (bicyclic) bond motifs is 1. The Labute approximate surface area is 119 Å². The van der Waals surface area contributed by atoms with Crippen LogP contribution in [-0.2, 0) is 4.74 Å². The van der Waals surface area contributed by atoms with Gasteiger partial charge in [0.05, 0.1) is 17.5 Å². The van der Waals surface area contributed by atoms with E-state index in [2.05, 4.69) is 34.1 Å². The Bertz CT molecular complexity index is 604. The maximum absolute atomic E-state index is 6.01. The quantitative estimate of drug-likeness (QED) is 0.792. The third-order valence-corrected chi connectivity index (χ3v) is 4.85. The molecule has 1 aromatic carbocycles. The van der Waals surface area contributed by atoms with E-state index in [0.717, 1.165) is 32.5 Å². The fourth-order valence-corrected chi connectivity index (χ4v) is 3.66. The van der Waals surface area contributed by atoms with Crippen LogP contribution in [0.25, 0.3) is 10.8 Å². The lowest BCUT2D eigenvalue weighted by Gasteiger charge is -2.39. The van der Waals surface area contributed by atoms with E-state index in [9.17, 15) is 0 Å². The van der Waals surface area contributed by atoms with Gasteiger partial charge in [0.1, 0.15) is 0 Å². The van der Waals surface area contributed by atoms with Gasteiger partial charge in [0.25, 0.3) is 0 Å². The summed E-state index contributed by atoms with van der Waals surface area (Å²) in [4.78, 5) is 6.88. The van der Waals surface area contributed by atoms with Gasteiger partial charge in [-0.25, -0.2) is 0 Å². The Morgan fingerprint density at radius 2 is 1.90 bits per heavy atom. The third-order valence-electron chi connectivity index (χ3n) is 4.85. The van der Waals surface area contributed by atoms with Crippen molar-refractivity contribution in [1.82, 2.24) is 4.98 Å². The maximum Gasteiger partial charge on any atom is 0.0717 e. The van der Waals surface area contributed by atoms with Crippen LogP contribution in [0.2, 0.25) is 0 Å². The highest BCUT2D eigenvalue weighted by Crippen LogP contribution is 2.38. The number of ether oxygens (including phenoxy) is 1. The molecule has 1 aromatic heterocycles. The number of piperidine rings is 1. The first-order valence-electron chi connectivity index (χ1n) is 7.58. The van der Waals surface area contributed by atoms with Gasteiger partial charge in [-0.1, -0.05) is 24.3 Å². The molecule has 0 bridgehead atoms. The molecule has 0 atom stereocenters. The van der Waals surface area contributed by atoms with Crippen LogP contribution < -0.4 is 4.90 Å². The second-order valence-electron chi connectivity index (χ2n) is 6.00. The first-order valence-corrected chi connectivity index (χ1v) is 7.58. The van der Waals surface area contributed by atoms with Crippen molar-refractivity contribution in [2.24, 2.45) is 0 Å². The zero-order valence-corrected chi connectivity index (χ0v) is 11.7. The standard InChI is InChI=1S/C17H20N2O/c1-2-5-15-14(4-1)12-18-13-16(15)19-9-7-17(8-10-19)6-3-11-20-17/h1-2,4-5,12-13H,3,6-11H2. The van der Waals surface area contributed by atoms with E-state index in [1.165, 1.54) is 29.3 Å². The Morgan fingerprint density at radius 3 is 2.70 bits per heavy atom. The van der Waals surface area contributed by atoms with Crippen molar-refractivity contribution in [3.63, 3.8) is 0 Å². The average molecular weight is 268 g/mol. The zero-order valence-electron chi connectivity index (χ0n) is 11.7. The van der Waals surface area contributed by atoms with Gasteiger partial charge in [-0.05, 0) is 25.7 Å². The summed E-state index contributed by atoms with van der Waals surface area (Å²) in [5.41, 5.74) is 1.46. The topological polar surface area (TPSA) is 25.4 Å². The SMILES string of the molecule is c1ccc2c(N3CCC4(CCCO4)CC3)cncc2c1. The smallest absolute Gasteiger partial charge is 0.0717 e. The molecule has 2 aliphatic heterocycles. The van der Waals surface area contributed by atoms with Crippen LogP contribution >= 0.6 is 0 Å². The largest absolute Gasteiger partial charge is 0.375 e. The molecular formula is C17H20N2O. The van der Waals surface area contributed by atoms with Crippen LogP contribution in [0.3, 0.4) is 0 Å². The maximum atomic E-state index is 6.01. The Morgan fingerprint density at radius 1 is 1.05 bits per heavy atom. The molecular weight excluding hydrogens is 248 g/mol. The Hall–Kier alpha value is -1.61. The predicted octanol–water partition coefficient (Wildman–Crippen LogP) is 3.38. The number of pyridine rings is 1. The summed E-state index contributed by atoms with van der Waals surface area (Å²) in [6.07, 6.45) is 8.73. The second kappa shape index (κ2) is 4.74. The molecule has 0 radical (unpaired) electrons. The van der Waals surface area contributed by atoms with Crippen molar-refractivity contribution in [1.29, 1.82) is 0 Å². The molecule has 0 aliphatic carbocycles. The lowest BCUT2D eigenvalue weighted by molar-refractivity contribution is -0.0145. The Balaban J connectivity index is 1.61. The minimum Gasteiger partial charge on any atom is -0.375 e. The third kappa shape index (κ3) is 1.97. The molecule has 3 heterocycles. The number of nitrogens with zero attached hydrogens (tertiary/aromatic N) is 2. The van der Waals surface area contributed by atoms with Gasteiger partial charge in [0.2, 0.25) is 0 Å². The van der Waals surface area contributed by atoms with Crippen LogP contribution in [0.15, 0.2) is 36.7 Å². The average Bonchev–Trinajstić information content (AvgIpc) is 2.96. The number of hydrogen-bond acceptors (Lipinski definition) is 3. The molecule has 20 heavy (non-hydrogen) atoms. The van der Waals surface area contributed by atoms with E-state index in [4.69, 9.17) is 4.74 Å². The van der Waals surface area contributed by atoms with Gasteiger partial charge >= 0.3 is 0 Å². The van der Waals surface area contributed by atoms with Gasteiger partial charge in [-0.3, -0.25) is 4.98 Å². The highest BCUT2D eigenvalue weighted by Gasteiger charge is 2.38. The monoisotopic (exact) mass is 268 g/mol. The molecule has 2 fully saturated rings. The molecule has 3 heteroatoms. The van der Waals surface area contributed by atoms with Crippen molar-refractivity contribution in [2.75, 3.05) is 24.6 Å². The highest BCUT2D eigenvalue weighted by molar-refractivity contribution is 5.93. The van der Waals surface area contributed by atoms with E-state index < -0.39 is 0 Å². The minimum atomic E-state index is 0.189. The summed E-state index contributed by atoms with van der Waals surface area (Å²) in [6, 6.07) is 8.52. The number of aromatic nitrogens is 1. The van der Waals surface area contributed by atoms with Crippen LogP contribution in [0.5, 0.6) is 0 Å². The van der Waals surface area contributed by atoms with E-state index in [1.807, 2.05) is 12.4 Å². The molecule has 4 rings (SSSR count). The van der Waals surface area contributed by atoms with Gasteiger partial charge in [0.15, 0.2) is 0 Å². The first kappa shape index (κ1) is 12.2. The van der Waals surface area contributed by atoms with Crippen molar-refractivity contribution < 1.29 is 4.74 Å².